The molecule has 0 fully saturated rings. The Hall–Kier alpha value is -2.34. The second-order valence-corrected chi connectivity index (χ2v) is 9.13. The van der Waals surface area contributed by atoms with E-state index in [-0.39, 0.29) is 24.2 Å². The third kappa shape index (κ3) is 4.47. The summed E-state index contributed by atoms with van der Waals surface area (Å²) in [5.41, 5.74) is 6.79. The zero-order valence-electron chi connectivity index (χ0n) is 15.8. The largest absolute Gasteiger partial charge is 0.369 e. The Morgan fingerprint density at radius 3 is 2.79 bits per heavy atom. The Labute approximate surface area is 172 Å². The maximum absolute atomic E-state index is 13.1. The molecule has 29 heavy (non-hydrogen) atoms. The Kier molecular flexibility index (Phi) is 6.03. The molecule has 1 aliphatic rings. The standard InChI is InChI=1S/C17H20ClFN6O3S/c1-10-8-25(29(27,28)24(2)9-14(20)26)6-5-12(10)15-16(18)23-17(22-15)13-4-3-11(19)7-21-13/h3-5,7,10H,6,8-9H2,1-2H3,(H2,20,26)(H,22,23)/t10-/m1/s1. The van der Waals surface area contributed by atoms with Gasteiger partial charge in [0.05, 0.1) is 12.7 Å². The number of aromatic nitrogens is 3. The van der Waals surface area contributed by atoms with Gasteiger partial charge in [-0.3, -0.25) is 4.79 Å². The molecule has 1 amide bonds. The molecule has 0 spiro atoms. The molecule has 0 radical (unpaired) electrons. The maximum Gasteiger partial charge on any atom is 0.282 e. The van der Waals surface area contributed by atoms with Gasteiger partial charge in [0.15, 0.2) is 5.82 Å². The number of halogens is 2. The van der Waals surface area contributed by atoms with Crippen molar-refractivity contribution >= 4 is 33.3 Å². The summed E-state index contributed by atoms with van der Waals surface area (Å²) < 4.78 is 40.5. The van der Waals surface area contributed by atoms with Crippen LogP contribution >= 0.6 is 11.6 Å². The SMILES string of the molecule is C[C@@H]1CN(S(=O)(=O)N(C)CC(N)=O)CC=C1c1nc(-c2ccc(F)cn2)[nH]c1Cl. The predicted molar refractivity (Wildman–Crippen MR) is 106 cm³/mol. The van der Waals surface area contributed by atoms with Crippen molar-refractivity contribution in [2.24, 2.45) is 11.7 Å². The first-order valence-corrected chi connectivity index (χ1v) is 10.4. The number of carbonyl (C=O) groups excluding carboxylic acids is 1. The first-order valence-electron chi connectivity index (χ1n) is 8.67. The van der Waals surface area contributed by atoms with Crippen molar-refractivity contribution in [3.05, 3.63) is 41.1 Å². The molecule has 2 aromatic rings. The van der Waals surface area contributed by atoms with E-state index < -0.39 is 28.5 Å². The van der Waals surface area contributed by atoms with Crippen LogP contribution in [0, 0.1) is 11.7 Å². The fourth-order valence-corrected chi connectivity index (χ4v) is 4.68. The fraction of sp³-hybridized carbons (Fsp3) is 0.353. The van der Waals surface area contributed by atoms with Crippen LogP contribution in [0.3, 0.4) is 0 Å². The molecule has 1 aliphatic heterocycles. The molecule has 2 aromatic heterocycles. The number of imidazole rings is 1. The van der Waals surface area contributed by atoms with Crippen molar-refractivity contribution in [1.82, 2.24) is 23.6 Å². The molecule has 9 nitrogen and oxygen atoms in total. The van der Waals surface area contributed by atoms with Gasteiger partial charge in [0.25, 0.3) is 10.2 Å². The quantitative estimate of drug-likeness (QED) is 0.696. The number of nitrogens with two attached hydrogens (primary N) is 1. The van der Waals surface area contributed by atoms with Crippen LogP contribution in [-0.4, -0.2) is 64.6 Å². The molecule has 0 bridgehead atoms. The number of nitrogens with zero attached hydrogens (tertiary/aromatic N) is 4. The van der Waals surface area contributed by atoms with Gasteiger partial charge in [0.2, 0.25) is 5.91 Å². The lowest BCUT2D eigenvalue weighted by Crippen LogP contribution is -2.47. The van der Waals surface area contributed by atoms with E-state index >= 15 is 0 Å². The molecule has 1 atom stereocenters. The summed E-state index contributed by atoms with van der Waals surface area (Å²) in [6.07, 6.45) is 2.81. The summed E-state index contributed by atoms with van der Waals surface area (Å²) in [5.74, 6) is -1.02. The van der Waals surface area contributed by atoms with Crippen LogP contribution in [0.25, 0.3) is 17.1 Å². The van der Waals surface area contributed by atoms with E-state index in [0.717, 1.165) is 16.1 Å². The molecule has 3 heterocycles. The third-order valence-corrected chi connectivity index (χ3v) is 6.67. The first-order chi connectivity index (χ1) is 13.6. The van der Waals surface area contributed by atoms with E-state index in [1.165, 1.54) is 23.5 Å². The van der Waals surface area contributed by atoms with Crippen molar-refractivity contribution in [3.63, 3.8) is 0 Å². The highest BCUT2D eigenvalue weighted by atomic mass is 35.5. The van der Waals surface area contributed by atoms with Gasteiger partial charge in [0, 0.05) is 20.1 Å². The molecule has 12 heteroatoms. The zero-order valence-corrected chi connectivity index (χ0v) is 17.3. The predicted octanol–water partition coefficient (Wildman–Crippen LogP) is 1.26. The second kappa shape index (κ2) is 8.19. The lowest BCUT2D eigenvalue weighted by molar-refractivity contribution is -0.118. The van der Waals surface area contributed by atoms with Gasteiger partial charge < -0.3 is 10.7 Å². The van der Waals surface area contributed by atoms with Crippen molar-refractivity contribution in [1.29, 1.82) is 0 Å². The van der Waals surface area contributed by atoms with Crippen LogP contribution in [0.15, 0.2) is 24.4 Å². The Morgan fingerprint density at radius 1 is 1.48 bits per heavy atom. The number of hydrogen-bond acceptors (Lipinski definition) is 5. The molecule has 0 saturated heterocycles. The molecular formula is C17H20ClFN6O3S. The number of primary amides is 1. The zero-order chi connectivity index (χ0) is 21.3. The van der Waals surface area contributed by atoms with E-state index in [1.807, 2.05) is 6.92 Å². The van der Waals surface area contributed by atoms with Gasteiger partial charge in [-0.1, -0.05) is 24.6 Å². The molecule has 0 unspecified atom stereocenters. The van der Waals surface area contributed by atoms with E-state index in [2.05, 4.69) is 15.0 Å². The normalized spacial score (nSPS) is 18.1. The average Bonchev–Trinajstić information content (AvgIpc) is 3.03. The smallest absolute Gasteiger partial charge is 0.282 e. The average molecular weight is 443 g/mol. The summed E-state index contributed by atoms with van der Waals surface area (Å²) in [6, 6.07) is 2.75. The van der Waals surface area contributed by atoms with Crippen LogP contribution in [0.1, 0.15) is 12.6 Å². The fourth-order valence-electron chi connectivity index (χ4n) is 3.08. The second-order valence-electron chi connectivity index (χ2n) is 6.72. The summed E-state index contributed by atoms with van der Waals surface area (Å²) in [6.45, 7) is 1.73. The Balaban J connectivity index is 1.85. The number of carbonyl (C=O) groups is 1. The molecule has 0 aromatic carbocycles. The number of amides is 1. The van der Waals surface area contributed by atoms with Gasteiger partial charge in [-0.15, -0.1) is 0 Å². The van der Waals surface area contributed by atoms with Crippen LogP contribution in [0.4, 0.5) is 4.39 Å². The van der Waals surface area contributed by atoms with E-state index in [0.29, 0.717) is 17.2 Å². The number of hydrogen-bond donors (Lipinski definition) is 2. The number of pyridine rings is 1. The maximum atomic E-state index is 13.1. The summed E-state index contributed by atoms with van der Waals surface area (Å²) >= 11 is 6.31. The van der Waals surface area contributed by atoms with E-state index in [1.54, 1.807) is 6.08 Å². The Bertz CT molecular complexity index is 1050. The lowest BCUT2D eigenvalue weighted by atomic mass is 9.95. The summed E-state index contributed by atoms with van der Waals surface area (Å²) in [7, 11) is -2.53. The van der Waals surface area contributed by atoms with E-state index in [4.69, 9.17) is 17.3 Å². The number of H-pyrrole nitrogens is 1. The van der Waals surface area contributed by atoms with Gasteiger partial charge in [-0.25, -0.2) is 14.4 Å². The highest BCUT2D eigenvalue weighted by Crippen LogP contribution is 2.33. The molecule has 0 aliphatic carbocycles. The lowest BCUT2D eigenvalue weighted by Gasteiger charge is -2.32. The highest BCUT2D eigenvalue weighted by Gasteiger charge is 2.33. The summed E-state index contributed by atoms with van der Waals surface area (Å²) in [4.78, 5) is 22.4. The molecule has 3 rings (SSSR count). The number of rotatable bonds is 6. The van der Waals surface area contributed by atoms with Crippen LogP contribution in [0.5, 0.6) is 0 Å². The Morgan fingerprint density at radius 2 is 2.21 bits per heavy atom. The monoisotopic (exact) mass is 442 g/mol. The summed E-state index contributed by atoms with van der Waals surface area (Å²) in [5, 5.41) is 0.284. The first kappa shape index (κ1) is 21.4. The van der Waals surface area contributed by atoms with Crippen molar-refractivity contribution < 1.29 is 17.6 Å². The van der Waals surface area contributed by atoms with E-state index in [9.17, 15) is 17.6 Å². The third-order valence-electron chi connectivity index (χ3n) is 4.53. The molecule has 0 saturated carbocycles. The molecule has 156 valence electrons. The van der Waals surface area contributed by atoms with Crippen molar-refractivity contribution in [2.75, 3.05) is 26.7 Å². The molecule has 3 N–H and O–H groups in total. The topological polar surface area (TPSA) is 125 Å². The van der Waals surface area contributed by atoms with Crippen LogP contribution < -0.4 is 5.73 Å². The minimum atomic E-state index is -3.83. The van der Waals surface area contributed by atoms with Crippen LogP contribution in [-0.2, 0) is 15.0 Å². The minimum Gasteiger partial charge on any atom is -0.369 e. The van der Waals surface area contributed by atoms with Gasteiger partial charge >= 0.3 is 0 Å². The van der Waals surface area contributed by atoms with Crippen LogP contribution in [0.2, 0.25) is 5.15 Å². The highest BCUT2D eigenvalue weighted by molar-refractivity contribution is 7.86. The number of aromatic amines is 1. The number of nitrogens with one attached hydrogen (secondary N) is 1. The van der Waals surface area contributed by atoms with Gasteiger partial charge in [0.1, 0.15) is 22.4 Å². The number of likely N-dealkylation sites (N-methyl/N-ethyl adjacent to an activating group) is 1. The molecular weight excluding hydrogens is 423 g/mol. The van der Waals surface area contributed by atoms with Gasteiger partial charge in [-0.2, -0.15) is 17.0 Å². The van der Waals surface area contributed by atoms with Gasteiger partial charge in [-0.05, 0) is 23.6 Å². The van der Waals surface area contributed by atoms with Crippen molar-refractivity contribution in [2.45, 2.75) is 6.92 Å². The van der Waals surface area contributed by atoms with Crippen molar-refractivity contribution in [3.8, 4) is 11.5 Å². The minimum absolute atomic E-state index is 0.0957.